The average Bonchev–Trinajstić information content (AvgIpc) is 3.13. The molecular formula is C15H19BrO3. The van der Waals surface area contributed by atoms with E-state index in [-0.39, 0.29) is 11.8 Å². The van der Waals surface area contributed by atoms with Crippen LogP contribution in [0, 0.1) is 32.6 Å². The summed E-state index contributed by atoms with van der Waals surface area (Å²) in [6.45, 7) is 6.17. The summed E-state index contributed by atoms with van der Waals surface area (Å²) in [5, 5.41) is 9.01. The van der Waals surface area contributed by atoms with Gasteiger partial charge in [0, 0.05) is 4.47 Å². The Morgan fingerprint density at radius 3 is 2.42 bits per heavy atom. The third kappa shape index (κ3) is 2.50. The third-order valence-electron chi connectivity index (χ3n) is 4.20. The molecule has 2 unspecified atom stereocenters. The Morgan fingerprint density at radius 1 is 1.32 bits per heavy atom. The summed E-state index contributed by atoms with van der Waals surface area (Å²) in [5.74, 6) is 0.308. The summed E-state index contributed by atoms with van der Waals surface area (Å²) in [5.41, 5.74) is 4.62. The Hall–Kier alpha value is -1.03. The van der Waals surface area contributed by atoms with Gasteiger partial charge in [-0.25, -0.2) is 0 Å². The lowest BCUT2D eigenvalue weighted by Crippen LogP contribution is -2.06. The van der Waals surface area contributed by atoms with Crippen molar-refractivity contribution in [3.05, 3.63) is 26.7 Å². The van der Waals surface area contributed by atoms with Gasteiger partial charge in [0.15, 0.2) is 0 Å². The largest absolute Gasteiger partial charge is 0.496 e. The average molecular weight is 327 g/mol. The lowest BCUT2D eigenvalue weighted by molar-refractivity contribution is -0.138. The van der Waals surface area contributed by atoms with Gasteiger partial charge >= 0.3 is 5.97 Å². The summed E-state index contributed by atoms with van der Waals surface area (Å²) in [6.07, 6.45) is 1.56. The number of carboxylic acids is 1. The smallest absolute Gasteiger partial charge is 0.306 e. The summed E-state index contributed by atoms with van der Waals surface area (Å²) in [7, 11) is 1.68. The van der Waals surface area contributed by atoms with Gasteiger partial charge in [0.1, 0.15) is 5.75 Å². The van der Waals surface area contributed by atoms with E-state index in [2.05, 4.69) is 29.8 Å². The molecular weight excluding hydrogens is 308 g/mol. The van der Waals surface area contributed by atoms with Gasteiger partial charge < -0.3 is 9.84 Å². The van der Waals surface area contributed by atoms with Crippen molar-refractivity contribution in [2.24, 2.45) is 11.8 Å². The first-order chi connectivity index (χ1) is 8.88. The molecule has 1 aromatic carbocycles. The molecule has 2 atom stereocenters. The highest BCUT2D eigenvalue weighted by atomic mass is 79.9. The maximum absolute atomic E-state index is 10.9. The van der Waals surface area contributed by atoms with Gasteiger partial charge in [-0.1, -0.05) is 15.9 Å². The van der Waals surface area contributed by atoms with Gasteiger partial charge in [0.25, 0.3) is 0 Å². The van der Waals surface area contributed by atoms with Crippen molar-refractivity contribution >= 4 is 21.9 Å². The summed E-state index contributed by atoms with van der Waals surface area (Å²) < 4.78 is 6.65. The molecule has 0 bridgehead atoms. The van der Waals surface area contributed by atoms with Crippen LogP contribution in [0.25, 0.3) is 0 Å². The lowest BCUT2D eigenvalue weighted by Gasteiger charge is -2.18. The highest BCUT2D eigenvalue weighted by Crippen LogP contribution is 2.45. The molecule has 1 fully saturated rings. The van der Waals surface area contributed by atoms with E-state index in [1.165, 1.54) is 5.56 Å². The third-order valence-corrected chi connectivity index (χ3v) is 5.39. The van der Waals surface area contributed by atoms with E-state index in [4.69, 9.17) is 9.84 Å². The molecule has 0 amide bonds. The Morgan fingerprint density at radius 2 is 1.95 bits per heavy atom. The molecule has 1 saturated carbocycles. The van der Waals surface area contributed by atoms with Crippen molar-refractivity contribution < 1.29 is 14.6 Å². The zero-order valence-corrected chi connectivity index (χ0v) is 13.3. The number of methoxy groups -OCH3 is 1. The number of benzene rings is 1. The highest BCUT2D eigenvalue weighted by Gasteiger charge is 2.43. The summed E-state index contributed by atoms with van der Waals surface area (Å²) in [4.78, 5) is 10.9. The van der Waals surface area contributed by atoms with E-state index >= 15 is 0 Å². The van der Waals surface area contributed by atoms with Crippen molar-refractivity contribution in [1.82, 2.24) is 0 Å². The van der Waals surface area contributed by atoms with Crippen LogP contribution in [0.15, 0.2) is 4.47 Å². The number of carbonyl (C=O) groups is 1. The number of halogens is 1. The van der Waals surface area contributed by atoms with Crippen LogP contribution >= 0.6 is 15.9 Å². The molecule has 3 nitrogen and oxygen atoms in total. The zero-order valence-electron chi connectivity index (χ0n) is 11.7. The number of aliphatic carboxylic acids is 1. The van der Waals surface area contributed by atoms with Crippen LogP contribution in [-0.4, -0.2) is 18.2 Å². The summed E-state index contributed by atoms with van der Waals surface area (Å²) in [6, 6.07) is 0. The summed E-state index contributed by atoms with van der Waals surface area (Å²) >= 11 is 3.63. The second kappa shape index (κ2) is 5.16. The van der Waals surface area contributed by atoms with Crippen molar-refractivity contribution in [2.45, 2.75) is 33.6 Å². The van der Waals surface area contributed by atoms with E-state index in [9.17, 15) is 4.79 Å². The first kappa shape index (κ1) is 14.4. The molecule has 1 aliphatic rings. The number of rotatable bonds is 4. The van der Waals surface area contributed by atoms with Crippen LogP contribution in [0.3, 0.4) is 0 Å². The molecule has 2 rings (SSSR count). The van der Waals surface area contributed by atoms with Gasteiger partial charge in [-0.3, -0.25) is 4.79 Å². The normalized spacial score (nSPS) is 21.3. The van der Waals surface area contributed by atoms with Crippen LogP contribution in [0.1, 0.15) is 28.7 Å². The molecule has 0 spiro atoms. The number of ether oxygens (including phenoxy) is 1. The molecule has 0 radical (unpaired) electrons. The molecule has 1 aromatic rings. The van der Waals surface area contributed by atoms with Gasteiger partial charge in [0.05, 0.1) is 13.0 Å². The Kier molecular flexibility index (Phi) is 3.90. The Labute approximate surface area is 122 Å². The number of carboxylic acid groups (broad SMARTS) is 1. The van der Waals surface area contributed by atoms with Crippen LogP contribution in [0.5, 0.6) is 5.75 Å². The van der Waals surface area contributed by atoms with Crippen LogP contribution < -0.4 is 4.74 Å². The second-order valence-corrected chi connectivity index (χ2v) is 6.14. The minimum atomic E-state index is -0.676. The fourth-order valence-corrected chi connectivity index (χ4v) is 3.24. The monoisotopic (exact) mass is 326 g/mol. The molecule has 19 heavy (non-hydrogen) atoms. The Balaban J connectivity index is 2.37. The maximum atomic E-state index is 10.9. The zero-order chi connectivity index (χ0) is 14.3. The van der Waals surface area contributed by atoms with Crippen molar-refractivity contribution in [2.75, 3.05) is 7.11 Å². The Bertz CT molecular complexity index is 537. The molecule has 4 heteroatoms. The molecule has 1 N–H and O–H groups in total. The minimum Gasteiger partial charge on any atom is -0.496 e. The lowest BCUT2D eigenvalue weighted by atomic mass is 9.95. The molecule has 104 valence electrons. The van der Waals surface area contributed by atoms with Crippen LogP contribution in [0.4, 0.5) is 0 Å². The van der Waals surface area contributed by atoms with Crippen LogP contribution in [0.2, 0.25) is 0 Å². The predicted molar refractivity (Wildman–Crippen MR) is 77.8 cm³/mol. The van der Waals surface area contributed by atoms with Crippen LogP contribution in [-0.2, 0) is 11.2 Å². The van der Waals surface area contributed by atoms with Gasteiger partial charge in [-0.15, -0.1) is 0 Å². The number of hydrogen-bond donors (Lipinski definition) is 1. The quantitative estimate of drug-likeness (QED) is 0.918. The molecule has 1 aliphatic carbocycles. The fourth-order valence-electron chi connectivity index (χ4n) is 2.71. The van der Waals surface area contributed by atoms with E-state index in [1.807, 2.05) is 6.92 Å². The fraction of sp³-hybridized carbons (Fsp3) is 0.533. The topological polar surface area (TPSA) is 46.5 Å². The van der Waals surface area contributed by atoms with Gasteiger partial charge in [0.2, 0.25) is 0 Å². The molecule has 0 heterocycles. The van der Waals surface area contributed by atoms with E-state index in [0.29, 0.717) is 0 Å². The standard InChI is InChI=1S/C15H19BrO3/c1-7-8(2)14(19-4)11(9(3)13(7)16)5-10-6-12(10)15(17)18/h10,12H,5-6H2,1-4H3,(H,17,18). The minimum absolute atomic E-state index is 0.176. The second-order valence-electron chi connectivity index (χ2n) is 5.35. The van der Waals surface area contributed by atoms with Crippen molar-refractivity contribution in [3.8, 4) is 5.75 Å². The number of hydrogen-bond acceptors (Lipinski definition) is 2. The van der Waals surface area contributed by atoms with Gasteiger partial charge in [-0.05, 0) is 61.8 Å². The molecule has 0 aromatic heterocycles. The predicted octanol–water partition coefficient (Wildman–Crippen LogP) is 3.65. The van der Waals surface area contributed by atoms with Gasteiger partial charge in [-0.2, -0.15) is 0 Å². The van der Waals surface area contributed by atoms with E-state index in [1.54, 1.807) is 7.11 Å². The SMILES string of the molecule is COc1c(C)c(C)c(Br)c(C)c1CC1CC1C(=O)O. The first-order valence-corrected chi connectivity index (χ1v) is 7.22. The first-order valence-electron chi connectivity index (χ1n) is 6.43. The van der Waals surface area contributed by atoms with E-state index in [0.717, 1.165) is 39.8 Å². The van der Waals surface area contributed by atoms with Crippen molar-refractivity contribution in [3.63, 3.8) is 0 Å². The molecule has 0 saturated heterocycles. The van der Waals surface area contributed by atoms with Crippen molar-refractivity contribution in [1.29, 1.82) is 0 Å². The highest BCUT2D eigenvalue weighted by molar-refractivity contribution is 9.10. The molecule has 0 aliphatic heterocycles. The van der Waals surface area contributed by atoms with E-state index < -0.39 is 5.97 Å². The maximum Gasteiger partial charge on any atom is 0.306 e.